The molecule has 126 valence electrons. The Hall–Kier alpha value is -0.880. The number of hydrogen-bond acceptors (Lipinski definition) is 2. The Morgan fingerprint density at radius 3 is 1.82 bits per heavy atom. The molecule has 4 aliphatic carbocycles. The van der Waals surface area contributed by atoms with Gasteiger partial charge in [0.25, 0.3) is 0 Å². The van der Waals surface area contributed by atoms with E-state index in [0.717, 1.165) is 19.3 Å². The molecule has 0 spiro atoms. The quantitative estimate of drug-likeness (QED) is 0.568. The Bertz CT molecular complexity index is 422. The van der Waals surface area contributed by atoms with Crippen molar-refractivity contribution in [2.24, 2.45) is 23.2 Å². The van der Waals surface area contributed by atoms with Gasteiger partial charge < -0.3 is 4.74 Å². The average Bonchev–Trinajstić information content (AvgIpc) is 2.35. The molecule has 4 rings (SSSR count). The van der Waals surface area contributed by atoms with Crippen LogP contribution in [0.4, 0.5) is 22.0 Å². The zero-order chi connectivity index (χ0) is 16.2. The van der Waals surface area contributed by atoms with Crippen molar-refractivity contribution in [2.45, 2.75) is 57.0 Å². The standard InChI is InChI=1S/C15H19F5O2/c16-14(17,15(18,19)20)12(21)22-2-1-13-6-9-3-10(7-13)5-11(4-9)8-13/h9-11H,1-8H2. The van der Waals surface area contributed by atoms with Crippen molar-refractivity contribution < 1.29 is 31.5 Å². The van der Waals surface area contributed by atoms with Gasteiger partial charge in [-0.2, -0.15) is 22.0 Å². The van der Waals surface area contributed by atoms with E-state index in [2.05, 4.69) is 4.74 Å². The molecule has 7 heteroatoms. The maximum Gasteiger partial charge on any atom is 0.465 e. The van der Waals surface area contributed by atoms with Crippen LogP contribution in [-0.2, 0) is 9.53 Å². The molecule has 4 aliphatic rings. The molecule has 0 amide bonds. The van der Waals surface area contributed by atoms with E-state index in [1.165, 1.54) is 19.3 Å². The molecule has 0 atom stereocenters. The molecule has 0 aromatic rings. The largest absolute Gasteiger partial charge is 0.465 e. The second-order valence-electron chi connectivity index (χ2n) is 7.38. The molecule has 0 N–H and O–H groups in total. The van der Waals surface area contributed by atoms with Gasteiger partial charge in [0.05, 0.1) is 6.61 Å². The minimum atomic E-state index is -5.90. The Morgan fingerprint density at radius 1 is 0.955 bits per heavy atom. The first-order valence-corrected chi connectivity index (χ1v) is 7.73. The average molecular weight is 326 g/mol. The van der Waals surface area contributed by atoms with Crippen molar-refractivity contribution in [1.29, 1.82) is 0 Å². The number of carbonyl (C=O) groups excluding carboxylic acids is 1. The summed E-state index contributed by atoms with van der Waals surface area (Å²) in [6, 6.07) is 0. The fraction of sp³-hybridized carbons (Fsp3) is 0.933. The number of rotatable bonds is 4. The molecule has 4 saturated carbocycles. The third-order valence-corrected chi connectivity index (χ3v) is 5.64. The Morgan fingerprint density at radius 2 is 1.41 bits per heavy atom. The maximum atomic E-state index is 12.8. The summed E-state index contributed by atoms with van der Waals surface area (Å²) in [5, 5.41) is 0. The predicted molar refractivity (Wildman–Crippen MR) is 67.2 cm³/mol. The highest BCUT2D eigenvalue weighted by molar-refractivity contribution is 5.78. The lowest BCUT2D eigenvalue weighted by molar-refractivity contribution is -0.280. The van der Waals surface area contributed by atoms with Gasteiger partial charge in [-0.15, -0.1) is 0 Å². The first-order valence-electron chi connectivity index (χ1n) is 7.73. The number of carbonyl (C=O) groups is 1. The van der Waals surface area contributed by atoms with Gasteiger partial charge in [-0.05, 0) is 68.1 Å². The van der Waals surface area contributed by atoms with E-state index in [1.54, 1.807) is 0 Å². The highest BCUT2D eigenvalue weighted by Gasteiger charge is 2.65. The van der Waals surface area contributed by atoms with Gasteiger partial charge in [0, 0.05) is 0 Å². The number of esters is 1. The predicted octanol–water partition coefficient (Wildman–Crippen LogP) is 4.33. The first-order chi connectivity index (χ1) is 10.1. The molecule has 0 aromatic carbocycles. The zero-order valence-corrected chi connectivity index (χ0v) is 12.1. The molecule has 0 heterocycles. The molecule has 0 unspecified atom stereocenters. The number of ether oxygens (including phenoxy) is 1. The molecule has 0 radical (unpaired) electrons. The van der Waals surface area contributed by atoms with Crippen molar-refractivity contribution in [3.63, 3.8) is 0 Å². The van der Waals surface area contributed by atoms with Crippen molar-refractivity contribution in [3.05, 3.63) is 0 Å². The van der Waals surface area contributed by atoms with Gasteiger partial charge in [-0.3, -0.25) is 0 Å². The zero-order valence-electron chi connectivity index (χ0n) is 12.1. The molecule has 2 nitrogen and oxygen atoms in total. The van der Waals surface area contributed by atoms with Crippen LogP contribution < -0.4 is 0 Å². The van der Waals surface area contributed by atoms with Gasteiger partial charge >= 0.3 is 18.1 Å². The molecule has 4 fully saturated rings. The smallest absolute Gasteiger partial charge is 0.461 e. The third-order valence-electron chi connectivity index (χ3n) is 5.64. The summed E-state index contributed by atoms with van der Waals surface area (Å²) in [6.45, 7) is -0.351. The van der Waals surface area contributed by atoms with Crippen molar-refractivity contribution in [1.82, 2.24) is 0 Å². The minimum Gasteiger partial charge on any atom is -0.461 e. The molecule has 22 heavy (non-hydrogen) atoms. The molecular weight excluding hydrogens is 307 g/mol. The summed E-state index contributed by atoms with van der Waals surface area (Å²) in [5.74, 6) is -5.95. The van der Waals surface area contributed by atoms with Gasteiger partial charge in [0.2, 0.25) is 0 Å². The van der Waals surface area contributed by atoms with E-state index in [-0.39, 0.29) is 12.0 Å². The van der Waals surface area contributed by atoms with Gasteiger partial charge in [0.1, 0.15) is 0 Å². The van der Waals surface area contributed by atoms with Crippen LogP contribution >= 0.6 is 0 Å². The van der Waals surface area contributed by atoms with E-state index in [4.69, 9.17) is 0 Å². The molecule has 0 aliphatic heterocycles. The van der Waals surface area contributed by atoms with Gasteiger partial charge in [-0.1, -0.05) is 0 Å². The van der Waals surface area contributed by atoms with Crippen LogP contribution in [0.5, 0.6) is 0 Å². The lowest BCUT2D eigenvalue weighted by atomic mass is 9.49. The maximum absolute atomic E-state index is 12.8. The van der Waals surface area contributed by atoms with Crippen molar-refractivity contribution in [3.8, 4) is 0 Å². The topological polar surface area (TPSA) is 26.3 Å². The monoisotopic (exact) mass is 326 g/mol. The summed E-state index contributed by atoms with van der Waals surface area (Å²) in [7, 11) is 0. The fourth-order valence-corrected chi connectivity index (χ4v) is 5.16. The van der Waals surface area contributed by atoms with Crippen LogP contribution in [0, 0.1) is 23.2 Å². The summed E-state index contributed by atoms with van der Waals surface area (Å²) in [6.07, 6.45) is 1.12. The van der Waals surface area contributed by atoms with Crippen LogP contribution in [0.2, 0.25) is 0 Å². The van der Waals surface area contributed by atoms with Crippen LogP contribution in [0.25, 0.3) is 0 Å². The van der Waals surface area contributed by atoms with E-state index in [0.29, 0.717) is 24.2 Å². The lowest BCUT2D eigenvalue weighted by Gasteiger charge is -2.57. The van der Waals surface area contributed by atoms with E-state index in [9.17, 15) is 26.7 Å². The Labute approximate surface area is 125 Å². The third kappa shape index (κ3) is 2.71. The molecular formula is C15H19F5O2. The lowest BCUT2D eigenvalue weighted by Crippen LogP contribution is -2.47. The van der Waals surface area contributed by atoms with Gasteiger partial charge in [-0.25, -0.2) is 4.79 Å². The van der Waals surface area contributed by atoms with Crippen molar-refractivity contribution >= 4 is 5.97 Å². The highest BCUT2D eigenvalue weighted by atomic mass is 19.4. The summed E-state index contributed by atoms with van der Waals surface area (Å²) >= 11 is 0. The summed E-state index contributed by atoms with van der Waals surface area (Å²) in [5.41, 5.74) is -0.0114. The number of alkyl halides is 5. The Kier molecular flexibility index (Phi) is 3.68. The van der Waals surface area contributed by atoms with E-state index >= 15 is 0 Å². The van der Waals surface area contributed by atoms with Crippen LogP contribution in [0.1, 0.15) is 44.9 Å². The molecule has 0 saturated heterocycles. The van der Waals surface area contributed by atoms with Crippen LogP contribution in [0.15, 0.2) is 0 Å². The second kappa shape index (κ2) is 5.06. The van der Waals surface area contributed by atoms with E-state index in [1.807, 2.05) is 0 Å². The first kappa shape index (κ1) is 16.0. The van der Waals surface area contributed by atoms with Crippen LogP contribution in [0.3, 0.4) is 0 Å². The van der Waals surface area contributed by atoms with Crippen LogP contribution in [-0.4, -0.2) is 24.7 Å². The molecule has 0 aromatic heterocycles. The SMILES string of the molecule is O=C(OCCC12CC3CC(CC(C3)C1)C2)C(F)(F)C(F)(F)F. The minimum absolute atomic E-state index is 0.0114. The van der Waals surface area contributed by atoms with Crippen molar-refractivity contribution in [2.75, 3.05) is 6.61 Å². The molecule has 4 bridgehead atoms. The summed E-state index contributed by atoms with van der Waals surface area (Å²) < 4.78 is 66.1. The number of hydrogen-bond donors (Lipinski definition) is 0. The van der Waals surface area contributed by atoms with Gasteiger partial charge in [0.15, 0.2) is 0 Å². The normalized spacial score (nSPS) is 37.4. The van der Waals surface area contributed by atoms with E-state index < -0.39 is 18.1 Å². The fourth-order valence-electron chi connectivity index (χ4n) is 5.16. The second-order valence-corrected chi connectivity index (χ2v) is 7.38. The summed E-state index contributed by atoms with van der Waals surface area (Å²) in [4.78, 5) is 11.0. The Balaban J connectivity index is 1.54. The number of halogens is 5. The highest BCUT2D eigenvalue weighted by Crippen LogP contribution is 2.61.